The summed E-state index contributed by atoms with van der Waals surface area (Å²) in [5.74, 6) is 0.918. The molecule has 1 saturated heterocycles. The largest absolute Gasteiger partial charge is 0.107 e. The maximum absolute atomic E-state index is 2.35. The van der Waals surface area contributed by atoms with E-state index in [0.29, 0.717) is 7.92 Å². The molecule has 0 atom stereocenters. The topological polar surface area (TPSA) is 0 Å². The quantitative estimate of drug-likeness (QED) is 0.587. The molecule has 0 aromatic heterocycles. The lowest BCUT2D eigenvalue weighted by atomic mass is 10.1. The zero-order chi connectivity index (χ0) is 9.52. The van der Waals surface area contributed by atoms with Gasteiger partial charge in [-0.05, 0) is 43.7 Å². The molecule has 0 spiro atoms. The van der Waals surface area contributed by atoms with Gasteiger partial charge in [-0.1, -0.05) is 33.1 Å². The van der Waals surface area contributed by atoms with Crippen molar-refractivity contribution in [1.29, 1.82) is 0 Å². The Morgan fingerprint density at radius 1 is 1.00 bits per heavy atom. The van der Waals surface area contributed by atoms with Crippen LogP contribution in [0.1, 0.15) is 52.4 Å². The highest BCUT2D eigenvalue weighted by Crippen LogP contribution is 2.41. The van der Waals surface area contributed by atoms with Crippen molar-refractivity contribution in [3.63, 3.8) is 0 Å². The predicted octanol–water partition coefficient (Wildman–Crippen LogP) is 4.48. The average molecular weight is 200 g/mol. The van der Waals surface area contributed by atoms with Crippen molar-refractivity contribution in [2.75, 3.05) is 18.5 Å². The lowest BCUT2D eigenvalue weighted by Crippen LogP contribution is -1.95. The summed E-state index contributed by atoms with van der Waals surface area (Å²) in [5, 5.41) is 0. The summed E-state index contributed by atoms with van der Waals surface area (Å²) in [7, 11) is 0.471. The molecule has 1 aliphatic heterocycles. The second-order valence-electron chi connectivity index (χ2n) is 4.79. The average Bonchev–Trinajstić information content (AvgIpc) is 2.32. The SMILES string of the molecule is CC(C)CCCP1CCCCCC1. The minimum atomic E-state index is 0.471. The van der Waals surface area contributed by atoms with E-state index in [1.165, 1.54) is 38.5 Å². The first-order chi connectivity index (χ1) is 6.29. The van der Waals surface area contributed by atoms with Gasteiger partial charge in [-0.2, -0.15) is 0 Å². The summed E-state index contributed by atoms with van der Waals surface area (Å²) in [6, 6.07) is 0. The van der Waals surface area contributed by atoms with Crippen molar-refractivity contribution >= 4 is 7.92 Å². The van der Waals surface area contributed by atoms with Crippen LogP contribution in [0.4, 0.5) is 0 Å². The van der Waals surface area contributed by atoms with Crippen molar-refractivity contribution in [1.82, 2.24) is 0 Å². The molecular formula is C12H25P. The first kappa shape index (κ1) is 11.5. The van der Waals surface area contributed by atoms with E-state index in [2.05, 4.69) is 13.8 Å². The maximum Gasteiger partial charge on any atom is -0.0326 e. The molecule has 0 aromatic carbocycles. The fraction of sp³-hybridized carbons (Fsp3) is 1.00. The second kappa shape index (κ2) is 6.82. The van der Waals surface area contributed by atoms with Gasteiger partial charge in [0.2, 0.25) is 0 Å². The molecule has 1 heterocycles. The third-order valence-electron chi connectivity index (χ3n) is 2.95. The van der Waals surface area contributed by atoms with Gasteiger partial charge in [0.05, 0.1) is 0 Å². The van der Waals surface area contributed by atoms with E-state index in [1.54, 1.807) is 18.5 Å². The summed E-state index contributed by atoms with van der Waals surface area (Å²) < 4.78 is 0. The molecule has 0 radical (unpaired) electrons. The van der Waals surface area contributed by atoms with Crippen LogP contribution in [0.25, 0.3) is 0 Å². The molecule has 0 bridgehead atoms. The highest BCUT2D eigenvalue weighted by molar-refractivity contribution is 7.57. The third kappa shape index (κ3) is 5.68. The summed E-state index contributed by atoms with van der Waals surface area (Å²) in [4.78, 5) is 0. The van der Waals surface area contributed by atoms with Crippen LogP contribution >= 0.6 is 7.92 Å². The number of rotatable bonds is 4. The van der Waals surface area contributed by atoms with Gasteiger partial charge in [0.15, 0.2) is 0 Å². The zero-order valence-corrected chi connectivity index (χ0v) is 10.3. The molecule has 1 heteroatoms. The van der Waals surface area contributed by atoms with Crippen molar-refractivity contribution < 1.29 is 0 Å². The van der Waals surface area contributed by atoms with Crippen LogP contribution in [0.5, 0.6) is 0 Å². The molecule has 0 N–H and O–H groups in total. The molecule has 0 amide bonds. The normalized spacial score (nSPS) is 20.5. The number of hydrogen-bond donors (Lipinski definition) is 0. The summed E-state index contributed by atoms with van der Waals surface area (Å²) >= 11 is 0. The minimum Gasteiger partial charge on any atom is -0.107 e. The van der Waals surface area contributed by atoms with E-state index in [4.69, 9.17) is 0 Å². The van der Waals surface area contributed by atoms with E-state index >= 15 is 0 Å². The Morgan fingerprint density at radius 3 is 2.15 bits per heavy atom. The van der Waals surface area contributed by atoms with Gasteiger partial charge in [-0.25, -0.2) is 0 Å². The maximum atomic E-state index is 2.35. The van der Waals surface area contributed by atoms with E-state index in [-0.39, 0.29) is 0 Å². The van der Waals surface area contributed by atoms with Crippen molar-refractivity contribution in [3.05, 3.63) is 0 Å². The molecule has 0 unspecified atom stereocenters. The lowest BCUT2D eigenvalue weighted by Gasteiger charge is -2.15. The van der Waals surface area contributed by atoms with Gasteiger partial charge < -0.3 is 0 Å². The van der Waals surface area contributed by atoms with Crippen LogP contribution in [0.15, 0.2) is 0 Å². The molecule has 1 fully saturated rings. The Morgan fingerprint density at radius 2 is 1.62 bits per heavy atom. The van der Waals surface area contributed by atoms with Crippen LogP contribution in [0.3, 0.4) is 0 Å². The molecule has 1 aliphatic rings. The summed E-state index contributed by atoms with van der Waals surface area (Å²) in [5.41, 5.74) is 0. The highest BCUT2D eigenvalue weighted by atomic mass is 31.1. The monoisotopic (exact) mass is 200 g/mol. The number of hydrogen-bond acceptors (Lipinski definition) is 0. The van der Waals surface area contributed by atoms with Crippen LogP contribution < -0.4 is 0 Å². The van der Waals surface area contributed by atoms with Gasteiger partial charge in [-0.3, -0.25) is 0 Å². The van der Waals surface area contributed by atoms with Gasteiger partial charge in [0.1, 0.15) is 0 Å². The van der Waals surface area contributed by atoms with Gasteiger partial charge in [0, 0.05) is 0 Å². The first-order valence-corrected chi connectivity index (χ1v) is 7.91. The zero-order valence-electron chi connectivity index (χ0n) is 9.39. The summed E-state index contributed by atoms with van der Waals surface area (Å²) in [6.07, 6.45) is 13.8. The standard InChI is InChI=1S/C12H25P/c1-12(2)8-7-11-13-9-5-3-4-6-10-13/h12H,3-11H2,1-2H3. The van der Waals surface area contributed by atoms with E-state index < -0.39 is 0 Å². The minimum absolute atomic E-state index is 0.471. The van der Waals surface area contributed by atoms with Crippen LogP contribution in [-0.4, -0.2) is 18.5 Å². The molecule has 1 rings (SSSR count). The Balaban J connectivity index is 2.05. The van der Waals surface area contributed by atoms with Crippen LogP contribution in [-0.2, 0) is 0 Å². The Bertz CT molecular complexity index is 112. The van der Waals surface area contributed by atoms with Crippen molar-refractivity contribution in [2.24, 2.45) is 5.92 Å². The Hall–Kier alpha value is 0.430. The lowest BCUT2D eigenvalue weighted by molar-refractivity contribution is 0.578. The molecular weight excluding hydrogens is 175 g/mol. The fourth-order valence-electron chi connectivity index (χ4n) is 2.08. The highest BCUT2D eigenvalue weighted by Gasteiger charge is 2.10. The molecule has 0 nitrogen and oxygen atoms in total. The van der Waals surface area contributed by atoms with E-state index in [1.807, 2.05) is 0 Å². The Labute approximate surface area is 85.2 Å². The summed E-state index contributed by atoms with van der Waals surface area (Å²) in [6.45, 7) is 4.70. The van der Waals surface area contributed by atoms with Crippen molar-refractivity contribution in [2.45, 2.75) is 52.4 Å². The van der Waals surface area contributed by atoms with Crippen LogP contribution in [0.2, 0.25) is 0 Å². The third-order valence-corrected chi connectivity index (χ3v) is 5.80. The Kier molecular flexibility index (Phi) is 6.04. The fourth-order valence-corrected chi connectivity index (χ4v) is 4.73. The second-order valence-corrected chi connectivity index (χ2v) is 7.48. The predicted molar refractivity (Wildman–Crippen MR) is 64.1 cm³/mol. The molecule has 78 valence electrons. The molecule has 0 saturated carbocycles. The van der Waals surface area contributed by atoms with E-state index in [9.17, 15) is 0 Å². The smallest absolute Gasteiger partial charge is 0.0326 e. The van der Waals surface area contributed by atoms with E-state index in [0.717, 1.165) is 5.92 Å². The molecule has 0 aliphatic carbocycles. The van der Waals surface area contributed by atoms with Crippen LogP contribution in [0, 0.1) is 5.92 Å². The first-order valence-electron chi connectivity index (χ1n) is 6.01. The molecule has 13 heavy (non-hydrogen) atoms. The van der Waals surface area contributed by atoms with Crippen molar-refractivity contribution in [3.8, 4) is 0 Å². The van der Waals surface area contributed by atoms with Gasteiger partial charge in [0.25, 0.3) is 0 Å². The van der Waals surface area contributed by atoms with Gasteiger partial charge in [-0.15, -0.1) is 7.92 Å². The van der Waals surface area contributed by atoms with Gasteiger partial charge >= 0.3 is 0 Å². The molecule has 0 aromatic rings.